The zero-order valence-corrected chi connectivity index (χ0v) is 18.2. The summed E-state index contributed by atoms with van der Waals surface area (Å²) in [5.41, 5.74) is 3.93. The number of imidazole rings is 1. The monoisotopic (exact) mass is 434 g/mol. The van der Waals surface area contributed by atoms with Crippen LogP contribution in [0.5, 0.6) is 0 Å². The van der Waals surface area contributed by atoms with E-state index in [4.69, 9.17) is 0 Å². The molecule has 31 heavy (non-hydrogen) atoms. The van der Waals surface area contributed by atoms with E-state index in [-0.39, 0.29) is 10.8 Å². The van der Waals surface area contributed by atoms with Gasteiger partial charge in [-0.2, -0.15) is 0 Å². The van der Waals surface area contributed by atoms with Crippen LogP contribution >= 0.6 is 0 Å². The van der Waals surface area contributed by atoms with Gasteiger partial charge in [0.05, 0.1) is 15.9 Å². The zero-order valence-electron chi connectivity index (χ0n) is 17.4. The van der Waals surface area contributed by atoms with Gasteiger partial charge < -0.3 is 9.88 Å². The average molecular weight is 435 g/mol. The normalized spacial score (nSPS) is 11.7. The molecule has 4 aromatic rings. The van der Waals surface area contributed by atoms with Crippen molar-refractivity contribution < 1.29 is 13.2 Å². The molecule has 158 valence electrons. The molecule has 0 aliphatic heterocycles. The van der Waals surface area contributed by atoms with Gasteiger partial charge in [-0.15, -0.1) is 0 Å². The maximum Gasteiger partial charge on any atom is 0.255 e. The van der Waals surface area contributed by atoms with Crippen LogP contribution in [0.1, 0.15) is 10.4 Å². The van der Waals surface area contributed by atoms with Gasteiger partial charge in [0.1, 0.15) is 5.82 Å². The van der Waals surface area contributed by atoms with Gasteiger partial charge in [-0.25, -0.2) is 17.7 Å². The second-order valence-corrected chi connectivity index (χ2v) is 9.48. The Labute approximate surface area is 181 Å². The van der Waals surface area contributed by atoms with Gasteiger partial charge in [0.15, 0.2) is 0 Å². The van der Waals surface area contributed by atoms with E-state index >= 15 is 0 Å². The number of hydrogen-bond donors (Lipinski definition) is 1. The van der Waals surface area contributed by atoms with Crippen LogP contribution in [0.2, 0.25) is 0 Å². The van der Waals surface area contributed by atoms with Crippen molar-refractivity contribution in [3.05, 3.63) is 78.4 Å². The quantitative estimate of drug-likeness (QED) is 0.519. The molecule has 0 fully saturated rings. The van der Waals surface area contributed by atoms with Crippen molar-refractivity contribution in [1.29, 1.82) is 0 Å². The third kappa shape index (κ3) is 3.95. The summed E-state index contributed by atoms with van der Waals surface area (Å²) < 4.78 is 27.5. The molecule has 1 N–H and O–H groups in total. The molecule has 0 unspecified atom stereocenters. The minimum Gasteiger partial charge on any atom is -0.327 e. The number of nitrogens with zero attached hydrogens (tertiary/aromatic N) is 3. The van der Waals surface area contributed by atoms with Crippen molar-refractivity contribution in [1.82, 2.24) is 13.9 Å². The first-order valence-corrected chi connectivity index (χ1v) is 11.1. The first kappa shape index (κ1) is 20.8. The summed E-state index contributed by atoms with van der Waals surface area (Å²) >= 11 is 0. The third-order valence-electron chi connectivity index (χ3n) is 5.08. The smallest absolute Gasteiger partial charge is 0.255 e. The highest BCUT2D eigenvalue weighted by atomic mass is 32.2. The van der Waals surface area contributed by atoms with Gasteiger partial charge in [0, 0.05) is 38.0 Å². The zero-order chi connectivity index (χ0) is 22.2. The molecule has 0 bridgehead atoms. The van der Waals surface area contributed by atoms with Gasteiger partial charge in [-0.1, -0.05) is 12.1 Å². The highest BCUT2D eigenvalue weighted by Gasteiger charge is 2.17. The van der Waals surface area contributed by atoms with E-state index in [1.165, 1.54) is 38.4 Å². The molecule has 4 rings (SSSR count). The number of hydrogen-bond acceptors (Lipinski definition) is 4. The molecule has 1 amide bonds. The number of rotatable bonds is 5. The van der Waals surface area contributed by atoms with Gasteiger partial charge in [-0.3, -0.25) is 4.79 Å². The topological polar surface area (TPSA) is 84.3 Å². The van der Waals surface area contributed by atoms with E-state index in [9.17, 15) is 13.2 Å². The number of aromatic nitrogens is 2. The summed E-state index contributed by atoms with van der Waals surface area (Å²) in [5.74, 6) is 0.529. The number of nitrogens with one attached hydrogen (secondary N) is 1. The summed E-state index contributed by atoms with van der Waals surface area (Å²) in [6.07, 6.45) is 0. The van der Waals surface area contributed by atoms with Gasteiger partial charge in [0.2, 0.25) is 10.0 Å². The number of carbonyl (C=O) groups is 1. The Bertz CT molecular complexity index is 1360. The first-order valence-electron chi connectivity index (χ1n) is 9.63. The number of carbonyl (C=O) groups excluding carboxylic acids is 1. The molecule has 7 nitrogen and oxygen atoms in total. The maximum atomic E-state index is 12.5. The second kappa shape index (κ2) is 7.98. The molecule has 0 radical (unpaired) electrons. The lowest BCUT2D eigenvalue weighted by Gasteiger charge is -2.12. The van der Waals surface area contributed by atoms with Crippen molar-refractivity contribution in [3.63, 3.8) is 0 Å². The van der Waals surface area contributed by atoms with Crippen molar-refractivity contribution >= 4 is 32.7 Å². The van der Waals surface area contributed by atoms with Crippen molar-refractivity contribution in [3.8, 4) is 11.4 Å². The predicted octanol–water partition coefficient (Wildman–Crippen LogP) is 3.74. The molecular weight excluding hydrogens is 412 g/mol. The van der Waals surface area contributed by atoms with Crippen molar-refractivity contribution in [2.24, 2.45) is 7.05 Å². The number of sulfonamides is 1. The Morgan fingerprint density at radius 2 is 1.58 bits per heavy atom. The van der Waals surface area contributed by atoms with Crippen LogP contribution in [0.15, 0.2) is 77.7 Å². The van der Waals surface area contributed by atoms with Crippen molar-refractivity contribution in [2.75, 3.05) is 19.4 Å². The van der Waals surface area contributed by atoms with Gasteiger partial charge >= 0.3 is 0 Å². The molecule has 0 aliphatic rings. The molecule has 1 aromatic heterocycles. The highest BCUT2D eigenvalue weighted by Crippen LogP contribution is 2.25. The lowest BCUT2D eigenvalue weighted by atomic mass is 10.1. The second-order valence-electron chi connectivity index (χ2n) is 7.33. The summed E-state index contributed by atoms with van der Waals surface area (Å²) in [6.45, 7) is 0. The van der Waals surface area contributed by atoms with E-state index in [0.717, 1.165) is 26.7 Å². The van der Waals surface area contributed by atoms with Gasteiger partial charge in [-0.05, 0) is 60.7 Å². The Balaban J connectivity index is 1.51. The lowest BCUT2D eigenvalue weighted by Crippen LogP contribution is -2.22. The molecule has 0 saturated carbocycles. The van der Waals surface area contributed by atoms with Crippen LogP contribution in [-0.4, -0.2) is 42.3 Å². The maximum absolute atomic E-state index is 12.5. The Morgan fingerprint density at radius 3 is 2.19 bits per heavy atom. The molecule has 0 aliphatic carbocycles. The summed E-state index contributed by atoms with van der Waals surface area (Å²) in [6, 6.07) is 21.2. The molecule has 3 aromatic carbocycles. The molecule has 1 heterocycles. The fourth-order valence-corrected chi connectivity index (χ4v) is 4.20. The largest absolute Gasteiger partial charge is 0.327 e. The van der Waals surface area contributed by atoms with Crippen LogP contribution in [0.3, 0.4) is 0 Å². The fourth-order valence-electron chi connectivity index (χ4n) is 3.30. The Hall–Kier alpha value is -3.49. The number of fused-ring (bicyclic) bond motifs is 1. The summed E-state index contributed by atoms with van der Waals surface area (Å²) in [4.78, 5) is 17.4. The number of anilines is 1. The SMILES string of the molecule is CN(C)S(=O)(=O)c1ccc(C(=O)Nc2ccc(-c3nc4ccccc4n3C)cc2)cc1. The average Bonchev–Trinajstić information content (AvgIpc) is 3.11. The van der Waals surface area contributed by atoms with Crippen LogP contribution in [0.25, 0.3) is 22.4 Å². The van der Waals surface area contributed by atoms with Crippen LogP contribution in [-0.2, 0) is 17.1 Å². The standard InChI is InChI=1S/C23H22N4O3S/c1-26(2)31(29,30)19-14-10-17(11-15-19)23(28)24-18-12-8-16(9-13-18)22-25-20-6-4-5-7-21(20)27(22)3/h4-15H,1-3H3,(H,24,28). The Morgan fingerprint density at radius 1 is 0.935 bits per heavy atom. The molecule has 8 heteroatoms. The third-order valence-corrected chi connectivity index (χ3v) is 6.91. The van der Waals surface area contributed by atoms with Crippen LogP contribution < -0.4 is 5.32 Å². The van der Waals surface area contributed by atoms with Crippen molar-refractivity contribution in [2.45, 2.75) is 4.90 Å². The van der Waals surface area contributed by atoms with E-state index in [1.807, 2.05) is 60.1 Å². The van der Waals surface area contributed by atoms with E-state index < -0.39 is 10.0 Å². The molecule has 0 saturated heterocycles. The summed E-state index contributed by atoms with van der Waals surface area (Å²) in [5, 5.41) is 2.83. The van der Waals surface area contributed by atoms with E-state index in [2.05, 4.69) is 10.3 Å². The number of para-hydroxylation sites is 2. The highest BCUT2D eigenvalue weighted by molar-refractivity contribution is 7.89. The number of benzene rings is 3. The Kier molecular flexibility index (Phi) is 5.34. The number of amides is 1. The fraction of sp³-hybridized carbons (Fsp3) is 0.130. The van der Waals surface area contributed by atoms with Gasteiger partial charge in [0.25, 0.3) is 5.91 Å². The minimum absolute atomic E-state index is 0.140. The molecule has 0 spiro atoms. The lowest BCUT2D eigenvalue weighted by molar-refractivity contribution is 0.102. The van der Waals surface area contributed by atoms with E-state index in [1.54, 1.807) is 0 Å². The molecular formula is C23H22N4O3S. The minimum atomic E-state index is -3.53. The predicted molar refractivity (Wildman–Crippen MR) is 121 cm³/mol. The first-order chi connectivity index (χ1) is 14.8. The van der Waals surface area contributed by atoms with Crippen LogP contribution in [0, 0.1) is 0 Å². The molecule has 0 atom stereocenters. The van der Waals surface area contributed by atoms with E-state index in [0.29, 0.717) is 11.3 Å². The number of aryl methyl sites for hydroxylation is 1. The summed E-state index contributed by atoms with van der Waals surface area (Å²) in [7, 11) is 1.37. The van der Waals surface area contributed by atoms with Crippen LogP contribution in [0.4, 0.5) is 5.69 Å².